The molecule has 29 heavy (non-hydrogen) atoms. The van der Waals surface area contributed by atoms with E-state index in [0.717, 1.165) is 11.8 Å². The Morgan fingerprint density at radius 3 is 2.28 bits per heavy atom. The molecule has 0 unspecified atom stereocenters. The standard InChI is InChI=1S/C20H25FN4O3S/c1-22-19(26)15-6-4-14(5-7-15)11-24-20(23-2)25-12-17-10-18(21)9-8-16(17)13-29(3,27)28/h4-10H,11-13H2,1-3H3,(H,22,26)(H2,23,24,25). The van der Waals surface area contributed by atoms with Gasteiger partial charge in [-0.2, -0.15) is 0 Å². The molecule has 3 N–H and O–H groups in total. The minimum Gasteiger partial charge on any atom is -0.355 e. The number of rotatable bonds is 7. The van der Waals surface area contributed by atoms with E-state index in [2.05, 4.69) is 20.9 Å². The van der Waals surface area contributed by atoms with E-state index in [4.69, 9.17) is 0 Å². The zero-order valence-electron chi connectivity index (χ0n) is 16.6. The molecule has 0 aromatic heterocycles. The first-order valence-corrected chi connectivity index (χ1v) is 11.0. The Morgan fingerprint density at radius 1 is 1.03 bits per heavy atom. The number of halogens is 1. The van der Waals surface area contributed by atoms with E-state index < -0.39 is 15.7 Å². The minimum atomic E-state index is -3.24. The summed E-state index contributed by atoms with van der Waals surface area (Å²) in [7, 11) is -0.0582. The Balaban J connectivity index is 1.99. The maximum Gasteiger partial charge on any atom is 0.251 e. The number of carbonyl (C=O) groups excluding carboxylic acids is 1. The summed E-state index contributed by atoms with van der Waals surface area (Å²) >= 11 is 0. The third kappa shape index (κ3) is 7.19. The molecule has 0 saturated heterocycles. The van der Waals surface area contributed by atoms with Gasteiger partial charge in [0.25, 0.3) is 5.91 Å². The number of amides is 1. The van der Waals surface area contributed by atoms with Gasteiger partial charge in [0.2, 0.25) is 0 Å². The molecule has 0 fully saturated rings. The summed E-state index contributed by atoms with van der Waals surface area (Å²) in [5.41, 5.74) is 2.61. The maximum atomic E-state index is 13.6. The predicted molar refractivity (Wildman–Crippen MR) is 112 cm³/mol. The van der Waals surface area contributed by atoms with Gasteiger partial charge in [0.05, 0.1) is 5.75 Å². The van der Waals surface area contributed by atoms with Gasteiger partial charge in [-0.15, -0.1) is 0 Å². The minimum absolute atomic E-state index is 0.151. The topological polar surface area (TPSA) is 99.7 Å². The number of hydrogen-bond donors (Lipinski definition) is 3. The predicted octanol–water partition coefficient (Wildman–Crippen LogP) is 1.60. The number of nitrogens with zero attached hydrogens (tertiary/aromatic N) is 1. The molecular formula is C20H25FN4O3S. The van der Waals surface area contributed by atoms with Gasteiger partial charge in [-0.3, -0.25) is 9.79 Å². The molecule has 0 bridgehead atoms. The van der Waals surface area contributed by atoms with Crippen LogP contribution in [0.25, 0.3) is 0 Å². The number of nitrogens with one attached hydrogen (secondary N) is 3. The molecule has 0 heterocycles. The van der Waals surface area contributed by atoms with Crippen molar-refractivity contribution in [3.05, 3.63) is 70.5 Å². The fourth-order valence-electron chi connectivity index (χ4n) is 2.69. The summed E-state index contributed by atoms with van der Waals surface area (Å²) in [5.74, 6) is -0.260. The Hall–Kier alpha value is -2.94. The summed E-state index contributed by atoms with van der Waals surface area (Å²) in [6, 6.07) is 11.2. The highest BCUT2D eigenvalue weighted by Crippen LogP contribution is 2.14. The van der Waals surface area contributed by atoms with Crippen molar-refractivity contribution in [3.8, 4) is 0 Å². The van der Waals surface area contributed by atoms with Crippen LogP contribution in [0.15, 0.2) is 47.5 Å². The lowest BCUT2D eigenvalue weighted by Gasteiger charge is -2.14. The first-order chi connectivity index (χ1) is 13.7. The van der Waals surface area contributed by atoms with Gasteiger partial charge in [0, 0.05) is 39.0 Å². The molecule has 0 aliphatic carbocycles. The fourth-order valence-corrected chi connectivity index (χ4v) is 3.53. The van der Waals surface area contributed by atoms with Crippen molar-refractivity contribution in [1.29, 1.82) is 0 Å². The second-order valence-electron chi connectivity index (χ2n) is 6.54. The van der Waals surface area contributed by atoms with Crippen LogP contribution >= 0.6 is 0 Å². The van der Waals surface area contributed by atoms with Crippen molar-refractivity contribution in [3.63, 3.8) is 0 Å². The van der Waals surface area contributed by atoms with E-state index in [-0.39, 0.29) is 18.2 Å². The highest BCUT2D eigenvalue weighted by atomic mass is 32.2. The van der Waals surface area contributed by atoms with Gasteiger partial charge < -0.3 is 16.0 Å². The Kier molecular flexibility index (Phi) is 7.72. The Labute approximate surface area is 170 Å². The van der Waals surface area contributed by atoms with Crippen molar-refractivity contribution in [2.45, 2.75) is 18.8 Å². The third-order valence-corrected chi connectivity index (χ3v) is 4.99. The van der Waals surface area contributed by atoms with E-state index in [0.29, 0.717) is 29.2 Å². The zero-order valence-corrected chi connectivity index (χ0v) is 17.4. The van der Waals surface area contributed by atoms with Crippen LogP contribution in [0.5, 0.6) is 0 Å². The SMILES string of the molecule is CN=C(NCc1ccc(C(=O)NC)cc1)NCc1cc(F)ccc1CS(C)(=O)=O. The number of guanidine groups is 1. The number of sulfone groups is 1. The smallest absolute Gasteiger partial charge is 0.251 e. The molecule has 0 atom stereocenters. The maximum absolute atomic E-state index is 13.6. The second-order valence-corrected chi connectivity index (χ2v) is 8.68. The van der Waals surface area contributed by atoms with Gasteiger partial charge in [-0.1, -0.05) is 18.2 Å². The largest absolute Gasteiger partial charge is 0.355 e. The van der Waals surface area contributed by atoms with Gasteiger partial charge in [-0.05, 0) is 41.0 Å². The summed E-state index contributed by atoms with van der Waals surface area (Å²) in [6.07, 6.45) is 1.14. The Morgan fingerprint density at radius 2 is 1.69 bits per heavy atom. The van der Waals surface area contributed by atoms with Crippen LogP contribution in [-0.4, -0.2) is 40.6 Å². The van der Waals surface area contributed by atoms with Crippen LogP contribution in [0.2, 0.25) is 0 Å². The molecule has 0 saturated carbocycles. The molecule has 2 aromatic rings. The molecule has 7 nitrogen and oxygen atoms in total. The van der Waals surface area contributed by atoms with E-state index in [1.807, 2.05) is 12.1 Å². The van der Waals surface area contributed by atoms with Gasteiger partial charge >= 0.3 is 0 Å². The van der Waals surface area contributed by atoms with Crippen molar-refractivity contribution in [1.82, 2.24) is 16.0 Å². The van der Waals surface area contributed by atoms with Crippen LogP contribution in [0.3, 0.4) is 0 Å². The van der Waals surface area contributed by atoms with Gasteiger partial charge in [0.1, 0.15) is 5.82 Å². The molecule has 0 spiro atoms. The van der Waals surface area contributed by atoms with Crippen LogP contribution in [0.4, 0.5) is 4.39 Å². The number of benzene rings is 2. The fraction of sp³-hybridized carbons (Fsp3) is 0.300. The van der Waals surface area contributed by atoms with E-state index in [1.54, 1.807) is 26.2 Å². The van der Waals surface area contributed by atoms with Crippen molar-refractivity contribution in [2.75, 3.05) is 20.4 Å². The van der Waals surface area contributed by atoms with Crippen molar-refractivity contribution in [2.24, 2.45) is 4.99 Å². The first-order valence-electron chi connectivity index (χ1n) is 8.92. The second kappa shape index (κ2) is 10.0. The number of aliphatic imine (C=N–C) groups is 1. The molecule has 2 rings (SSSR count). The van der Waals surface area contributed by atoms with Crippen LogP contribution < -0.4 is 16.0 Å². The highest BCUT2D eigenvalue weighted by molar-refractivity contribution is 7.89. The van der Waals surface area contributed by atoms with Crippen LogP contribution in [0, 0.1) is 5.82 Å². The highest BCUT2D eigenvalue weighted by Gasteiger charge is 2.11. The normalized spacial score (nSPS) is 11.8. The van der Waals surface area contributed by atoms with E-state index in [1.165, 1.54) is 18.2 Å². The van der Waals surface area contributed by atoms with E-state index in [9.17, 15) is 17.6 Å². The zero-order chi connectivity index (χ0) is 21.4. The molecular weight excluding hydrogens is 395 g/mol. The Bertz CT molecular complexity index is 989. The van der Waals surface area contributed by atoms with E-state index >= 15 is 0 Å². The van der Waals surface area contributed by atoms with Crippen LogP contribution in [0.1, 0.15) is 27.0 Å². The molecule has 0 radical (unpaired) electrons. The van der Waals surface area contributed by atoms with Gasteiger partial charge in [-0.25, -0.2) is 12.8 Å². The summed E-state index contributed by atoms with van der Waals surface area (Å²) in [4.78, 5) is 15.7. The molecule has 0 aliphatic heterocycles. The number of carbonyl (C=O) groups is 1. The van der Waals surface area contributed by atoms with Crippen LogP contribution in [-0.2, 0) is 28.7 Å². The van der Waals surface area contributed by atoms with Gasteiger partial charge in [0.15, 0.2) is 15.8 Å². The lowest BCUT2D eigenvalue weighted by molar-refractivity contribution is 0.0963. The molecule has 9 heteroatoms. The third-order valence-electron chi connectivity index (χ3n) is 4.16. The average Bonchev–Trinajstić information content (AvgIpc) is 2.68. The molecule has 2 aromatic carbocycles. The monoisotopic (exact) mass is 420 g/mol. The quantitative estimate of drug-likeness (QED) is 0.467. The average molecular weight is 421 g/mol. The summed E-state index contributed by atoms with van der Waals surface area (Å²) < 4.78 is 36.8. The lowest BCUT2D eigenvalue weighted by atomic mass is 10.1. The summed E-state index contributed by atoms with van der Waals surface area (Å²) in [6.45, 7) is 0.685. The molecule has 1 amide bonds. The van der Waals surface area contributed by atoms with Crippen molar-refractivity contribution >= 4 is 21.7 Å². The first kappa shape index (κ1) is 22.4. The molecule has 156 valence electrons. The van der Waals surface area contributed by atoms with Crippen molar-refractivity contribution < 1.29 is 17.6 Å². The summed E-state index contributed by atoms with van der Waals surface area (Å²) in [5, 5.41) is 8.76. The lowest BCUT2D eigenvalue weighted by Crippen LogP contribution is -2.36. The molecule has 0 aliphatic rings. The number of hydrogen-bond acceptors (Lipinski definition) is 4.